The summed E-state index contributed by atoms with van der Waals surface area (Å²) in [6, 6.07) is 16.8. The molecule has 22 heavy (non-hydrogen) atoms. The van der Waals surface area contributed by atoms with Crippen LogP contribution in [0.4, 0.5) is 0 Å². The van der Waals surface area contributed by atoms with E-state index in [1.54, 1.807) is 0 Å². The lowest BCUT2D eigenvalue weighted by atomic mass is 9.94. The Morgan fingerprint density at radius 1 is 1.14 bits per heavy atom. The summed E-state index contributed by atoms with van der Waals surface area (Å²) in [6.45, 7) is 0. The minimum Gasteiger partial charge on any atom is -0.488 e. The van der Waals surface area contributed by atoms with Crippen LogP contribution in [0.3, 0.4) is 0 Å². The summed E-state index contributed by atoms with van der Waals surface area (Å²) >= 11 is 2.38. The van der Waals surface area contributed by atoms with E-state index in [1.807, 2.05) is 12.1 Å². The van der Waals surface area contributed by atoms with Crippen LogP contribution in [-0.2, 0) is 11.2 Å². The number of alkyl halides is 1. The molecule has 2 aromatic carbocycles. The van der Waals surface area contributed by atoms with Crippen LogP contribution >= 0.6 is 22.6 Å². The molecule has 3 heteroatoms. The van der Waals surface area contributed by atoms with Crippen LogP contribution in [0.1, 0.15) is 34.2 Å². The van der Waals surface area contributed by atoms with E-state index in [0.717, 1.165) is 28.6 Å². The number of ether oxygens (including phenoxy) is 1. The zero-order valence-corrected chi connectivity index (χ0v) is 14.1. The van der Waals surface area contributed by atoms with Gasteiger partial charge >= 0.3 is 0 Å². The van der Waals surface area contributed by atoms with Gasteiger partial charge in [0.15, 0.2) is 0 Å². The van der Waals surface area contributed by atoms with Crippen LogP contribution in [0.25, 0.3) is 11.3 Å². The first-order valence-corrected chi connectivity index (χ1v) is 8.90. The second-order valence-electron chi connectivity index (χ2n) is 5.72. The van der Waals surface area contributed by atoms with Crippen molar-refractivity contribution < 1.29 is 4.74 Å². The summed E-state index contributed by atoms with van der Waals surface area (Å²) in [7, 11) is 0. The lowest BCUT2D eigenvalue weighted by Crippen LogP contribution is -2.08. The van der Waals surface area contributed by atoms with E-state index in [1.165, 1.54) is 27.8 Å². The lowest BCUT2D eigenvalue weighted by molar-refractivity contribution is 0.218. The van der Waals surface area contributed by atoms with E-state index in [4.69, 9.17) is 4.74 Å². The van der Waals surface area contributed by atoms with Gasteiger partial charge in [-0.3, -0.25) is 0 Å². The number of benzene rings is 2. The summed E-state index contributed by atoms with van der Waals surface area (Å²) in [5, 5.41) is 9.22. The second-order valence-corrected chi connectivity index (χ2v) is 6.60. The fourth-order valence-corrected chi connectivity index (χ4v) is 3.82. The third kappa shape index (κ3) is 2.14. The summed E-state index contributed by atoms with van der Waals surface area (Å²) < 4.78 is 7.21. The standard InChI is InChI=1S/C19H14INO/c20-10-15-9-18-17-7-12(11-21)5-6-14(17)8-13-3-1-2-4-16(13)19(18)22-15/h1-7,15H,8-10H2. The molecule has 2 aliphatic rings. The van der Waals surface area contributed by atoms with Crippen LogP contribution in [0.15, 0.2) is 42.5 Å². The Morgan fingerprint density at radius 2 is 1.95 bits per heavy atom. The van der Waals surface area contributed by atoms with Crippen LogP contribution in [0.2, 0.25) is 0 Å². The number of rotatable bonds is 1. The Hall–Kier alpha value is -1.80. The molecule has 108 valence electrons. The zero-order chi connectivity index (χ0) is 15.1. The third-order valence-corrected chi connectivity index (χ3v) is 5.35. The molecule has 0 fully saturated rings. The molecular formula is C19H14INO. The average Bonchev–Trinajstić information content (AvgIpc) is 2.95. The van der Waals surface area contributed by atoms with Crippen molar-refractivity contribution in [3.8, 4) is 6.07 Å². The molecule has 0 saturated carbocycles. The molecule has 0 amide bonds. The fourth-order valence-electron chi connectivity index (χ4n) is 3.33. The highest BCUT2D eigenvalue weighted by Crippen LogP contribution is 2.44. The molecule has 1 aliphatic carbocycles. The summed E-state index contributed by atoms with van der Waals surface area (Å²) in [4.78, 5) is 0. The number of halogens is 1. The van der Waals surface area contributed by atoms with Gasteiger partial charge in [0.1, 0.15) is 11.9 Å². The molecule has 0 bridgehead atoms. The largest absolute Gasteiger partial charge is 0.488 e. The Labute approximate surface area is 143 Å². The maximum atomic E-state index is 9.22. The molecule has 2 nitrogen and oxygen atoms in total. The van der Waals surface area contributed by atoms with Crippen molar-refractivity contribution in [2.24, 2.45) is 0 Å². The van der Waals surface area contributed by atoms with Crippen molar-refractivity contribution in [1.29, 1.82) is 5.26 Å². The Kier molecular flexibility index (Phi) is 3.42. The number of hydrogen-bond donors (Lipinski definition) is 0. The molecule has 0 saturated heterocycles. The normalized spacial score (nSPS) is 18.6. The number of fused-ring (bicyclic) bond motifs is 4. The van der Waals surface area contributed by atoms with Crippen LogP contribution < -0.4 is 0 Å². The van der Waals surface area contributed by atoms with Gasteiger partial charge in [-0.15, -0.1) is 0 Å². The van der Waals surface area contributed by atoms with E-state index >= 15 is 0 Å². The molecule has 1 heterocycles. The minimum absolute atomic E-state index is 0.232. The highest BCUT2D eigenvalue weighted by atomic mass is 127. The zero-order valence-electron chi connectivity index (χ0n) is 12.0. The van der Waals surface area contributed by atoms with Gasteiger partial charge in [-0.1, -0.05) is 52.9 Å². The van der Waals surface area contributed by atoms with Crippen LogP contribution in [0.5, 0.6) is 0 Å². The summed E-state index contributed by atoms with van der Waals surface area (Å²) in [5.41, 5.74) is 6.96. The lowest BCUT2D eigenvalue weighted by Gasteiger charge is -2.13. The highest BCUT2D eigenvalue weighted by Gasteiger charge is 2.31. The first kappa shape index (κ1) is 13.8. The maximum Gasteiger partial charge on any atom is 0.131 e. The monoisotopic (exact) mass is 399 g/mol. The number of nitrogens with zero attached hydrogens (tertiary/aromatic N) is 1. The predicted octanol–water partition coefficient (Wildman–Crippen LogP) is 4.55. The molecule has 0 N–H and O–H groups in total. The van der Waals surface area contributed by atoms with Gasteiger partial charge < -0.3 is 4.74 Å². The number of nitriles is 1. The smallest absolute Gasteiger partial charge is 0.131 e. The van der Waals surface area contributed by atoms with Gasteiger partial charge in [0.05, 0.1) is 11.6 Å². The van der Waals surface area contributed by atoms with E-state index in [2.05, 4.69) is 59.0 Å². The predicted molar refractivity (Wildman–Crippen MR) is 95.6 cm³/mol. The topological polar surface area (TPSA) is 33.0 Å². The van der Waals surface area contributed by atoms with Gasteiger partial charge in [0, 0.05) is 22.0 Å². The SMILES string of the molecule is N#Cc1ccc2c(c1)C1=C(OC(CI)C1)c1ccccc1C2. The van der Waals surface area contributed by atoms with E-state index < -0.39 is 0 Å². The summed E-state index contributed by atoms with van der Waals surface area (Å²) in [6.07, 6.45) is 2.05. The Morgan fingerprint density at radius 3 is 2.77 bits per heavy atom. The third-order valence-electron chi connectivity index (χ3n) is 4.37. The molecule has 0 spiro atoms. The molecule has 1 atom stereocenters. The van der Waals surface area contributed by atoms with E-state index in [-0.39, 0.29) is 6.10 Å². The number of hydrogen-bond acceptors (Lipinski definition) is 2. The van der Waals surface area contributed by atoms with Gasteiger partial charge in [-0.2, -0.15) is 5.26 Å². The van der Waals surface area contributed by atoms with Crippen molar-refractivity contribution in [3.63, 3.8) is 0 Å². The first-order valence-electron chi connectivity index (χ1n) is 7.37. The van der Waals surface area contributed by atoms with E-state index in [9.17, 15) is 5.26 Å². The van der Waals surface area contributed by atoms with Crippen molar-refractivity contribution in [1.82, 2.24) is 0 Å². The van der Waals surface area contributed by atoms with Crippen LogP contribution in [-0.4, -0.2) is 10.5 Å². The van der Waals surface area contributed by atoms with Crippen LogP contribution in [0, 0.1) is 11.3 Å². The van der Waals surface area contributed by atoms with Gasteiger partial charge in [0.2, 0.25) is 0 Å². The maximum absolute atomic E-state index is 9.22. The van der Waals surface area contributed by atoms with Gasteiger partial charge in [-0.05, 0) is 35.2 Å². The molecule has 1 unspecified atom stereocenters. The molecule has 0 aromatic heterocycles. The first-order chi connectivity index (χ1) is 10.8. The molecular weight excluding hydrogens is 385 g/mol. The molecule has 1 aliphatic heterocycles. The quantitative estimate of drug-likeness (QED) is 0.521. The molecule has 2 aromatic rings. The Balaban J connectivity index is 1.97. The van der Waals surface area contributed by atoms with Crippen molar-refractivity contribution in [2.45, 2.75) is 18.9 Å². The fraction of sp³-hybridized carbons (Fsp3) is 0.211. The minimum atomic E-state index is 0.232. The average molecular weight is 399 g/mol. The highest BCUT2D eigenvalue weighted by molar-refractivity contribution is 14.1. The van der Waals surface area contributed by atoms with Crippen molar-refractivity contribution in [3.05, 3.63) is 70.3 Å². The van der Waals surface area contributed by atoms with E-state index in [0.29, 0.717) is 0 Å². The second kappa shape index (κ2) is 5.44. The van der Waals surface area contributed by atoms with Gasteiger partial charge in [0.25, 0.3) is 0 Å². The van der Waals surface area contributed by atoms with Crippen molar-refractivity contribution >= 4 is 33.9 Å². The summed E-state index contributed by atoms with van der Waals surface area (Å²) in [5.74, 6) is 1.02. The Bertz CT molecular complexity index is 832. The van der Waals surface area contributed by atoms with Gasteiger partial charge in [-0.25, -0.2) is 0 Å². The molecule has 0 radical (unpaired) electrons. The molecule has 4 rings (SSSR count). The van der Waals surface area contributed by atoms with Crippen molar-refractivity contribution in [2.75, 3.05) is 4.43 Å².